The van der Waals surface area contributed by atoms with E-state index in [0.29, 0.717) is 17.6 Å². The highest BCUT2D eigenvalue weighted by Crippen LogP contribution is 2.55. The lowest BCUT2D eigenvalue weighted by Crippen LogP contribution is -2.16. The van der Waals surface area contributed by atoms with Gasteiger partial charge in [-0.05, 0) is 156 Å². The molecule has 0 N–H and O–H groups in total. The van der Waals surface area contributed by atoms with Gasteiger partial charge in [0.25, 0.3) is 0 Å². The van der Waals surface area contributed by atoms with Crippen LogP contribution >= 0.6 is 0 Å². The van der Waals surface area contributed by atoms with Crippen molar-refractivity contribution >= 4 is 38.9 Å². The van der Waals surface area contributed by atoms with Crippen LogP contribution in [-0.2, 0) is 16.2 Å². The average Bonchev–Trinajstić information content (AvgIpc) is 4.36. The summed E-state index contributed by atoms with van der Waals surface area (Å²) in [5.74, 6) is 1.84. The number of fused-ring (bicyclic) bond motifs is 12. The van der Waals surface area contributed by atoms with Crippen molar-refractivity contribution in [1.82, 2.24) is 19.5 Å². The maximum Gasteiger partial charge on any atom is 0.238 e. The van der Waals surface area contributed by atoms with E-state index in [1.54, 1.807) is 0 Å². The molecule has 5 nitrogen and oxygen atoms in total. The van der Waals surface area contributed by atoms with Gasteiger partial charge in [0.2, 0.25) is 5.95 Å². The summed E-state index contributed by atoms with van der Waals surface area (Å²) in [6, 6.07) is 91.4. The van der Waals surface area contributed by atoms with E-state index < -0.39 is 0 Å². The summed E-state index contributed by atoms with van der Waals surface area (Å²) in [5.41, 5.74) is 27.2. The summed E-state index contributed by atoms with van der Waals surface area (Å²) in [6.07, 6.45) is 0. The first-order chi connectivity index (χ1) is 40.4. The highest BCUT2D eigenvalue weighted by atomic mass is 15.2. The Morgan fingerprint density at radius 2 is 0.699 bits per heavy atom. The first-order valence-electron chi connectivity index (χ1n) is 29.0. The van der Waals surface area contributed by atoms with Gasteiger partial charge in [-0.3, -0.25) is 4.57 Å². The first kappa shape index (κ1) is 48.9. The predicted molar refractivity (Wildman–Crippen MR) is 343 cm³/mol. The van der Waals surface area contributed by atoms with Crippen LogP contribution in [0.2, 0.25) is 0 Å². The summed E-state index contributed by atoms with van der Waals surface area (Å²) in [7, 11) is 0. The van der Waals surface area contributed by atoms with Crippen LogP contribution in [-0.4, -0.2) is 19.5 Å². The van der Waals surface area contributed by atoms with Gasteiger partial charge in [0.15, 0.2) is 11.6 Å². The van der Waals surface area contributed by atoms with Gasteiger partial charge in [-0.15, -0.1) is 0 Å². The molecule has 3 aliphatic rings. The van der Waals surface area contributed by atoms with E-state index in [4.69, 9.17) is 15.0 Å². The number of hydrogen-bond acceptors (Lipinski definition) is 4. The third kappa shape index (κ3) is 7.43. The Hall–Kier alpha value is -9.97. The molecule has 0 radical (unpaired) electrons. The van der Waals surface area contributed by atoms with Crippen LogP contribution in [0.25, 0.3) is 106 Å². The molecule has 0 saturated carbocycles. The van der Waals surface area contributed by atoms with E-state index in [0.717, 1.165) is 55.6 Å². The standard InChI is InChI=1S/C78H59N5/c1-76(2)65-31-18-16-29-57(65)60-44-55(35-38-68(60)76)82(54-28-20-27-51(41-54)48-21-10-7-11-22-48)56-36-39-69-61(45-56)59-42-52(33-37-67(59)77(69,3)4)53-34-40-71-63(43-53)64-46-62-58-30-17-19-32-66(58)78(5,6)70(62)47-72(64)83(71)75-80-73(49-23-12-8-13-24-49)79-74(81-75)50-25-14-9-15-26-50/h7-47H,1-6H3. The Morgan fingerprint density at radius 1 is 0.277 bits per heavy atom. The number of rotatable bonds is 8. The van der Waals surface area contributed by atoms with Crippen molar-refractivity contribution in [3.05, 3.63) is 282 Å². The Kier molecular flexibility index (Phi) is 10.6. The Bertz CT molecular complexity index is 4760. The minimum Gasteiger partial charge on any atom is -0.310 e. The van der Waals surface area contributed by atoms with Crippen molar-refractivity contribution < 1.29 is 0 Å². The lowest BCUT2D eigenvalue weighted by atomic mass is 9.82. The van der Waals surface area contributed by atoms with E-state index in [-0.39, 0.29) is 16.2 Å². The minimum absolute atomic E-state index is 0.0959. The fourth-order valence-corrected chi connectivity index (χ4v) is 14.3. The minimum atomic E-state index is -0.216. The lowest BCUT2D eigenvalue weighted by molar-refractivity contribution is 0.660. The summed E-state index contributed by atoms with van der Waals surface area (Å²) in [5, 5.41) is 2.30. The number of nitrogens with zero attached hydrogens (tertiary/aromatic N) is 5. The van der Waals surface area contributed by atoms with Gasteiger partial charge in [-0.25, -0.2) is 4.98 Å². The van der Waals surface area contributed by atoms with Gasteiger partial charge in [0.05, 0.1) is 11.0 Å². The van der Waals surface area contributed by atoms with Crippen molar-refractivity contribution in [3.63, 3.8) is 0 Å². The molecule has 5 heteroatoms. The molecular weight excluding hydrogens is 1010 g/mol. The molecule has 16 rings (SSSR count). The Balaban J connectivity index is 0.872. The van der Waals surface area contributed by atoms with Gasteiger partial charge in [0, 0.05) is 55.2 Å². The van der Waals surface area contributed by atoms with Crippen LogP contribution in [0.4, 0.5) is 17.1 Å². The monoisotopic (exact) mass is 1070 g/mol. The molecular formula is C78H59N5. The lowest BCUT2D eigenvalue weighted by Gasteiger charge is -2.28. The Morgan fingerprint density at radius 3 is 1.30 bits per heavy atom. The van der Waals surface area contributed by atoms with Crippen LogP contribution in [0.15, 0.2) is 249 Å². The van der Waals surface area contributed by atoms with Crippen molar-refractivity contribution in [2.24, 2.45) is 0 Å². The topological polar surface area (TPSA) is 46.8 Å². The second-order valence-electron chi connectivity index (χ2n) is 24.4. The van der Waals surface area contributed by atoms with E-state index in [1.807, 2.05) is 36.4 Å². The van der Waals surface area contributed by atoms with Crippen LogP contribution in [0, 0.1) is 0 Å². The van der Waals surface area contributed by atoms with Gasteiger partial charge < -0.3 is 4.90 Å². The molecule has 0 aliphatic heterocycles. The maximum absolute atomic E-state index is 5.34. The van der Waals surface area contributed by atoms with E-state index >= 15 is 0 Å². The quantitative estimate of drug-likeness (QED) is 0.152. The van der Waals surface area contributed by atoms with E-state index in [9.17, 15) is 0 Å². The zero-order valence-electron chi connectivity index (χ0n) is 47.4. The van der Waals surface area contributed by atoms with Crippen molar-refractivity contribution in [2.75, 3.05) is 4.90 Å². The molecule has 0 fully saturated rings. The summed E-state index contributed by atoms with van der Waals surface area (Å²) in [4.78, 5) is 18.3. The van der Waals surface area contributed by atoms with Crippen molar-refractivity contribution in [1.29, 1.82) is 0 Å². The fourth-order valence-electron chi connectivity index (χ4n) is 14.3. The molecule has 11 aromatic carbocycles. The zero-order valence-corrected chi connectivity index (χ0v) is 47.4. The summed E-state index contributed by atoms with van der Waals surface area (Å²) >= 11 is 0. The van der Waals surface area contributed by atoms with Crippen molar-refractivity contribution in [3.8, 4) is 84.4 Å². The molecule has 0 bridgehead atoms. The van der Waals surface area contributed by atoms with Gasteiger partial charge in [-0.1, -0.05) is 224 Å². The molecule has 3 aliphatic carbocycles. The Labute approximate surface area is 484 Å². The van der Waals surface area contributed by atoms with Crippen LogP contribution in [0.1, 0.15) is 74.9 Å². The third-order valence-corrected chi connectivity index (χ3v) is 18.6. The molecule has 0 amide bonds. The molecule has 396 valence electrons. The molecule has 0 spiro atoms. The molecule has 2 aromatic heterocycles. The number of hydrogen-bond donors (Lipinski definition) is 0. The van der Waals surface area contributed by atoms with E-state index in [1.165, 1.54) is 83.5 Å². The predicted octanol–water partition coefficient (Wildman–Crippen LogP) is 20.0. The maximum atomic E-state index is 5.34. The highest BCUT2D eigenvalue weighted by Gasteiger charge is 2.39. The summed E-state index contributed by atoms with van der Waals surface area (Å²) in [6.45, 7) is 14.2. The van der Waals surface area contributed by atoms with Crippen LogP contribution in [0.3, 0.4) is 0 Å². The van der Waals surface area contributed by atoms with Crippen molar-refractivity contribution in [2.45, 2.75) is 57.8 Å². The average molecular weight is 1070 g/mol. The van der Waals surface area contributed by atoms with Gasteiger partial charge in [0.1, 0.15) is 0 Å². The largest absolute Gasteiger partial charge is 0.310 e. The zero-order chi connectivity index (χ0) is 55.9. The normalized spacial score (nSPS) is 14.4. The molecule has 2 heterocycles. The van der Waals surface area contributed by atoms with Gasteiger partial charge in [-0.2, -0.15) is 9.97 Å². The SMILES string of the molecule is CC1(C)c2ccccc2-c2cc(N(c3cccc(-c4ccccc4)c3)c3ccc4c(c3)-c3cc(-c5ccc6c(c5)c5cc7c(cc5n6-c5nc(-c6ccccc6)nc(-c6ccccc6)n5)C(C)(C)c5ccccc5-7)ccc3C4(C)C)ccc21. The molecule has 13 aromatic rings. The van der Waals surface area contributed by atoms with Gasteiger partial charge >= 0.3 is 0 Å². The molecule has 0 saturated heterocycles. The number of aromatic nitrogens is 4. The summed E-state index contributed by atoms with van der Waals surface area (Å²) < 4.78 is 2.28. The van der Waals surface area contributed by atoms with E-state index in [2.05, 4.69) is 263 Å². The molecule has 0 atom stereocenters. The highest BCUT2D eigenvalue weighted by molar-refractivity contribution is 6.13. The smallest absolute Gasteiger partial charge is 0.238 e. The number of anilines is 3. The van der Waals surface area contributed by atoms with Crippen LogP contribution < -0.4 is 4.90 Å². The number of benzene rings is 11. The van der Waals surface area contributed by atoms with Crippen LogP contribution in [0.5, 0.6) is 0 Å². The molecule has 83 heavy (non-hydrogen) atoms. The fraction of sp³-hybridized carbons (Fsp3) is 0.115. The third-order valence-electron chi connectivity index (χ3n) is 18.6. The molecule has 0 unspecified atom stereocenters. The second kappa shape index (κ2) is 18.0. The second-order valence-corrected chi connectivity index (χ2v) is 24.4. The first-order valence-corrected chi connectivity index (χ1v) is 29.0.